The lowest BCUT2D eigenvalue weighted by atomic mass is 9.98. The van der Waals surface area contributed by atoms with Crippen LogP contribution in [0.2, 0.25) is 0 Å². The molecule has 1 aliphatic rings. The van der Waals surface area contributed by atoms with Gasteiger partial charge in [0.05, 0.1) is 6.20 Å². The largest absolute Gasteiger partial charge is 0.443 e. The van der Waals surface area contributed by atoms with Crippen LogP contribution in [0.4, 0.5) is 5.69 Å². The van der Waals surface area contributed by atoms with Crippen molar-refractivity contribution in [2.45, 2.75) is 12.8 Å². The fraction of sp³-hybridized carbons (Fsp3) is 0.250. The van der Waals surface area contributed by atoms with Crippen LogP contribution in [0.3, 0.4) is 0 Å². The first kappa shape index (κ1) is 8.53. The number of hydrogen-bond donors (Lipinski definition) is 1. The van der Waals surface area contributed by atoms with Gasteiger partial charge in [0.2, 0.25) is 0 Å². The minimum absolute atomic E-state index is 0.834. The summed E-state index contributed by atoms with van der Waals surface area (Å²) in [5, 5.41) is 3.43. The van der Waals surface area contributed by atoms with Crippen molar-refractivity contribution in [1.82, 2.24) is 4.98 Å². The molecule has 1 aromatic heterocycles. The van der Waals surface area contributed by atoms with E-state index in [1.165, 1.54) is 24.1 Å². The molecule has 0 atom stereocenters. The summed E-state index contributed by atoms with van der Waals surface area (Å²) >= 11 is 0. The molecule has 2 aromatic rings. The van der Waals surface area contributed by atoms with Crippen molar-refractivity contribution in [2.24, 2.45) is 0 Å². The van der Waals surface area contributed by atoms with E-state index < -0.39 is 0 Å². The van der Waals surface area contributed by atoms with Gasteiger partial charge in [-0.3, -0.25) is 0 Å². The molecule has 0 radical (unpaired) electrons. The Morgan fingerprint density at radius 2 is 2.33 bits per heavy atom. The van der Waals surface area contributed by atoms with Crippen LogP contribution in [-0.2, 0) is 6.42 Å². The fourth-order valence-electron chi connectivity index (χ4n) is 2.06. The van der Waals surface area contributed by atoms with Crippen molar-refractivity contribution in [3.05, 3.63) is 36.4 Å². The number of aryl methyl sites for hydroxylation is 1. The van der Waals surface area contributed by atoms with E-state index in [1.54, 1.807) is 6.20 Å². The van der Waals surface area contributed by atoms with E-state index in [4.69, 9.17) is 4.42 Å². The van der Waals surface area contributed by atoms with Crippen LogP contribution in [0, 0.1) is 0 Å². The summed E-state index contributed by atoms with van der Waals surface area (Å²) in [5.74, 6) is 0.834. The Morgan fingerprint density at radius 1 is 1.33 bits per heavy atom. The molecule has 1 N–H and O–H groups in total. The normalized spacial score (nSPS) is 14.4. The second kappa shape index (κ2) is 3.42. The lowest BCUT2D eigenvalue weighted by Gasteiger charge is -2.20. The van der Waals surface area contributed by atoms with Crippen molar-refractivity contribution < 1.29 is 4.42 Å². The lowest BCUT2D eigenvalue weighted by Crippen LogP contribution is -2.12. The van der Waals surface area contributed by atoms with Gasteiger partial charge < -0.3 is 9.73 Å². The quantitative estimate of drug-likeness (QED) is 0.769. The molecule has 3 heteroatoms. The molecule has 2 heterocycles. The third kappa shape index (κ3) is 1.40. The smallest absolute Gasteiger partial charge is 0.181 e. The zero-order chi connectivity index (χ0) is 10.1. The predicted octanol–water partition coefficient (Wildman–Crippen LogP) is 2.70. The van der Waals surface area contributed by atoms with Gasteiger partial charge >= 0.3 is 0 Å². The minimum Gasteiger partial charge on any atom is -0.443 e. The van der Waals surface area contributed by atoms with E-state index in [1.807, 2.05) is 0 Å². The zero-order valence-electron chi connectivity index (χ0n) is 8.36. The van der Waals surface area contributed by atoms with Gasteiger partial charge in [0.25, 0.3) is 0 Å². The third-order valence-electron chi connectivity index (χ3n) is 2.77. The van der Waals surface area contributed by atoms with Crippen molar-refractivity contribution >= 4 is 5.69 Å². The van der Waals surface area contributed by atoms with Gasteiger partial charge in [-0.25, -0.2) is 4.98 Å². The highest BCUT2D eigenvalue weighted by Gasteiger charge is 2.14. The molecule has 1 aromatic carbocycles. The van der Waals surface area contributed by atoms with Crippen LogP contribution in [0.5, 0.6) is 0 Å². The molecule has 3 rings (SSSR count). The highest BCUT2D eigenvalue weighted by atomic mass is 16.3. The van der Waals surface area contributed by atoms with Crippen molar-refractivity contribution in [3.8, 4) is 11.3 Å². The number of nitrogens with one attached hydrogen (secondary N) is 1. The SMILES string of the molecule is c1cc2c(c(-c3cnco3)c1)NCCC2. The van der Waals surface area contributed by atoms with Crippen LogP contribution < -0.4 is 5.32 Å². The number of anilines is 1. The molecule has 0 amide bonds. The molecule has 0 saturated carbocycles. The van der Waals surface area contributed by atoms with Gasteiger partial charge in [-0.15, -0.1) is 0 Å². The summed E-state index contributed by atoms with van der Waals surface area (Å²) in [6, 6.07) is 6.31. The van der Waals surface area contributed by atoms with E-state index in [-0.39, 0.29) is 0 Å². The summed E-state index contributed by atoms with van der Waals surface area (Å²) in [7, 11) is 0. The second-order valence-corrected chi connectivity index (χ2v) is 3.74. The maximum Gasteiger partial charge on any atom is 0.181 e. The molecule has 15 heavy (non-hydrogen) atoms. The number of hydrogen-bond acceptors (Lipinski definition) is 3. The van der Waals surface area contributed by atoms with Gasteiger partial charge in [0.1, 0.15) is 0 Å². The first-order chi connectivity index (χ1) is 7.45. The number of oxazole rings is 1. The molecule has 3 nitrogen and oxygen atoms in total. The number of nitrogens with zero attached hydrogens (tertiary/aromatic N) is 1. The van der Waals surface area contributed by atoms with E-state index in [2.05, 4.69) is 28.5 Å². The number of fused-ring (bicyclic) bond motifs is 1. The van der Waals surface area contributed by atoms with Gasteiger partial charge in [0.15, 0.2) is 12.2 Å². The summed E-state index contributed by atoms with van der Waals surface area (Å²) < 4.78 is 5.33. The summed E-state index contributed by atoms with van der Waals surface area (Å²) in [4.78, 5) is 3.95. The maximum absolute atomic E-state index is 5.33. The fourth-order valence-corrected chi connectivity index (χ4v) is 2.06. The van der Waals surface area contributed by atoms with E-state index in [0.717, 1.165) is 24.3 Å². The molecule has 0 bridgehead atoms. The monoisotopic (exact) mass is 200 g/mol. The minimum atomic E-state index is 0.834. The summed E-state index contributed by atoms with van der Waals surface area (Å²) in [6.07, 6.45) is 5.57. The van der Waals surface area contributed by atoms with Crippen molar-refractivity contribution in [2.75, 3.05) is 11.9 Å². The van der Waals surface area contributed by atoms with Gasteiger partial charge in [0, 0.05) is 17.8 Å². The Morgan fingerprint density at radius 3 is 3.20 bits per heavy atom. The van der Waals surface area contributed by atoms with Crippen LogP contribution in [0.1, 0.15) is 12.0 Å². The van der Waals surface area contributed by atoms with Gasteiger partial charge in [-0.2, -0.15) is 0 Å². The summed E-state index contributed by atoms with van der Waals surface area (Å²) in [5.41, 5.74) is 3.69. The van der Waals surface area contributed by atoms with Crippen LogP contribution in [0.15, 0.2) is 35.2 Å². The molecule has 0 spiro atoms. The average molecular weight is 200 g/mol. The number of rotatable bonds is 1. The molecule has 0 unspecified atom stereocenters. The maximum atomic E-state index is 5.33. The molecule has 0 aliphatic carbocycles. The zero-order valence-corrected chi connectivity index (χ0v) is 8.36. The van der Waals surface area contributed by atoms with Gasteiger partial charge in [-0.1, -0.05) is 12.1 Å². The Labute approximate surface area is 88.1 Å². The highest BCUT2D eigenvalue weighted by molar-refractivity contribution is 5.77. The summed E-state index contributed by atoms with van der Waals surface area (Å²) in [6.45, 7) is 1.04. The van der Waals surface area contributed by atoms with Crippen molar-refractivity contribution in [3.63, 3.8) is 0 Å². The number of para-hydroxylation sites is 1. The average Bonchev–Trinajstić information content (AvgIpc) is 2.82. The number of benzene rings is 1. The Kier molecular flexibility index (Phi) is 1.95. The topological polar surface area (TPSA) is 38.1 Å². The number of aromatic nitrogens is 1. The van der Waals surface area contributed by atoms with E-state index in [0.29, 0.717) is 0 Å². The van der Waals surface area contributed by atoms with Crippen LogP contribution in [0.25, 0.3) is 11.3 Å². The third-order valence-corrected chi connectivity index (χ3v) is 2.77. The molecule has 0 fully saturated rings. The molecular weight excluding hydrogens is 188 g/mol. The Hall–Kier alpha value is -1.77. The van der Waals surface area contributed by atoms with Crippen molar-refractivity contribution in [1.29, 1.82) is 0 Å². The lowest BCUT2D eigenvalue weighted by molar-refractivity contribution is 0.572. The molecule has 76 valence electrons. The van der Waals surface area contributed by atoms with E-state index in [9.17, 15) is 0 Å². The standard InChI is InChI=1S/C12H12N2O/c1-3-9-4-2-6-14-12(9)10(5-1)11-7-13-8-15-11/h1,3,5,7-8,14H,2,4,6H2. The molecule has 1 aliphatic heterocycles. The Bertz CT molecular complexity index is 462. The Balaban J connectivity index is 2.15. The van der Waals surface area contributed by atoms with E-state index >= 15 is 0 Å². The van der Waals surface area contributed by atoms with Crippen LogP contribution in [-0.4, -0.2) is 11.5 Å². The van der Waals surface area contributed by atoms with Gasteiger partial charge in [-0.05, 0) is 24.5 Å². The molecule has 0 saturated heterocycles. The highest BCUT2D eigenvalue weighted by Crippen LogP contribution is 2.33. The molecular formula is C12H12N2O. The van der Waals surface area contributed by atoms with Crippen LogP contribution >= 0.6 is 0 Å². The first-order valence-electron chi connectivity index (χ1n) is 5.20. The first-order valence-corrected chi connectivity index (χ1v) is 5.20. The second-order valence-electron chi connectivity index (χ2n) is 3.74. The predicted molar refractivity (Wildman–Crippen MR) is 58.7 cm³/mol.